The van der Waals surface area contributed by atoms with Crippen molar-refractivity contribution in [1.82, 2.24) is 4.57 Å². The first-order chi connectivity index (χ1) is 22.7. The first-order valence-corrected chi connectivity index (χ1v) is 16.2. The second kappa shape index (κ2) is 11.7. The lowest BCUT2D eigenvalue weighted by atomic mass is 9.91. The molecule has 0 saturated carbocycles. The molecule has 0 saturated heterocycles. The number of rotatable bonds is 6. The van der Waals surface area contributed by atoms with Gasteiger partial charge in [-0.05, 0) is 111 Å². The van der Waals surface area contributed by atoms with E-state index in [0.717, 1.165) is 12.1 Å². The summed E-state index contributed by atoms with van der Waals surface area (Å²) in [6, 6.07) is 59.9. The average molecular weight is 590 g/mol. The fraction of sp³-hybridized carbons (Fsp3) is 0.0667. The Morgan fingerprint density at radius 3 is 1.72 bits per heavy atom. The van der Waals surface area contributed by atoms with Crippen LogP contribution in [0.4, 0.5) is 0 Å². The molecule has 1 heteroatoms. The number of fused-ring (bicyclic) bond motifs is 3. The van der Waals surface area contributed by atoms with Crippen LogP contribution in [0.3, 0.4) is 0 Å². The molecule has 0 bridgehead atoms. The molecule has 1 nitrogen and oxygen atoms in total. The fourth-order valence-electron chi connectivity index (χ4n) is 6.95. The van der Waals surface area contributed by atoms with E-state index < -0.39 is 0 Å². The van der Waals surface area contributed by atoms with Crippen molar-refractivity contribution in [2.24, 2.45) is 0 Å². The third-order valence-corrected chi connectivity index (χ3v) is 9.32. The lowest BCUT2D eigenvalue weighted by Gasteiger charge is -2.15. The summed E-state index contributed by atoms with van der Waals surface area (Å²) in [6.07, 6.45) is 1.02. The monoisotopic (exact) mass is 589 g/mol. The van der Waals surface area contributed by atoms with Gasteiger partial charge in [-0.25, -0.2) is 0 Å². The van der Waals surface area contributed by atoms with Gasteiger partial charge >= 0.3 is 0 Å². The normalized spacial score (nSPS) is 11.3. The molecule has 0 fully saturated rings. The summed E-state index contributed by atoms with van der Waals surface area (Å²) in [5.41, 5.74) is 16.2. The molecule has 1 heterocycles. The van der Waals surface area contributed by atoms with Gasteiger partial charge in [-0.2, -0.15) is 0 Å². The van der Waals surface area contributed by atoms with Crippen LogP contribution in [0, 0.1) is 6.92 Å². The molecule has 0 radical (unpaired) electrons. The summed E-state index contributed by atoms with van der Waals surface area (Å²) >= 11 is 0. The summed E-state index contributed by atoms with van der Waals surface area (Å²) in [5.74, 6) is 0. The van der Waals surface area contributed by atoms with Gasteiger partial charge in [0.15, 0.2) is 0 Å². The van der Waals surface area contributed by atoms with E-state index in [1.807, 2.05) is 0 Å². The molecule has 0 aliphatic carbocycles. The van der Waals surface area contributed by atoms with Gasteiger partial charge in [0.2, 0.25) is 0 Å². The molecule has 220 valence electrons. The van der Waals surface area contributed by atoms with Crippen LogP contribution in [0.2, 0.25) is 0 Å². The summed E-state index contributed by atoms with van der Waals surface area (Å²) < 4.78 is 2.44. The molecule has 0 amide bonds. The Labute approximate surface area is 271 Å². The quantitative estimate of drug-likeness (QED) is 0.182. The minimum Gasteiger partial charge on any atom is -0.309 e. The number of hydrogen-bond donors (Lipinski definition) is 0. The SMILES string of the molecule is CCc1ccccc1-c1cc(-c2ccc3c(c2)c2ccccc2n3-c2cc(-c3ccccc3)cc(-c3ccccc3)c2)ccc1C. The number of para-hydroxylation sites is 1. The minimum atomic E-state index is 1.02. The molecule has 0 spiro atoms. The number of nitrogens with zero attached hydrogens (tertiary/aromatic N) is 1. The summed E-state index contributed by atoms with van der Waals surface area (Å²) in [6.45, 7) is 4.45. The summed E-state index contributed by atoms with van der Waals surface area (Å²) in [7, 11) is 0. The van der Waals surface area contributed by atoms with E-state index in [1.165, 1.54) is 77.4 Å². The van der Waals surface area contributed by atoms with E-state index in [0.29, 0.717) is 0 Å². The van der Waals surface area contributed by atoms with E-state index in [9.17, 15) is 0 Å². The zero-order valence-electron chi connectivity index (χ0n) is 26.2. The molecule has 0 N–H and O–H groups in total. The van der Waals surface area contributed by atoms with Crippen molar-refractivity contribution in [3.63, 3.8) is 0 Å². The van der Waals surface area contributed by atoms with Crippen LogP contribution in [0.5, 0.6) is 0 Å². The van der Waals surface area contributed by atoms with Crippen LogP contribution in [-0.4, -0.2) is 4.57 Å². The van der Waals surface area contributed by atoms with Crippen molar-refractivity contribution in [3.8, 4) is 50.2 Å². The molecule has 46 heavy (non-hydrogen) atoms. The van der Waals surface area contributed by atoms with Crippen molar-refractivity contribution >= 4 is 21.8 Å². The topological polar surface area (TPSA) is 4.93 Å². The molecule has 0 aliphatic rings. The zero-order chi connectivity index (χ0) is 31.0. The van der Waals surface area contributed by atoms with Gasteiger partial charge in [0, 0.05) is 16.5 Å². The van der Waals surface area contributed by atoms with E-state index in [4.69, 9.17) is 0 Å². The number of benzene rings is 7. The van der Waals surface area contributed by atoms with Gasteiger partial charge in [-0.3, -0.25) is 0 Å². The van der Waals surface area contributed by atoms with Crippen LogP contribution in [-0.2, 0) is 6.42 Å². The highest BCUT2D eigenvalue weighted by Crippen LogP contribution is 2.39. The highest BCUT2D eigenvalue weighted by atomic mass is 15.0. The van der Waals surface area contributed by atoms with Gasteiger partial charge < -0.3 is 4.57 Å². The minimum absolute atomic E-state index is 1.02. The molecule has 1 aromatic heterocycles. The third-order valence-electron chi connectivity index (χ3n) is 9.32. The smallest absolute Gasteiger partial charge is 0.0541 e. The van der Waals surface area contributed by atoms with Crippen molar-refractivity contribution in [3.05, 3.63) is 175 Å². The Balaban J connectivity index is 1.33. The third kappa shape index (κ3) is 4.91. The lowest BCUT2D eigenvalue weighted by Crippen LogP contribution is -1.96. The van der Waals surface area contributed by atoms with Gasteiger partial charge in [-0.15, -0.1) is 0 Å². The van der Waals surface area contributed by atoms with E-state index in [2.05, 4.69) is 182 Å². The van der Waals surface area contributed by atoms with Crippen LogP contribution in [0.25, 0.3) is 72.0 Å². The summed E-state index contributed by atoms with van der Waals surface area (Å²) in [5, 5.41) is 2.52. The Morgan fingerprint density at radius 2 is 1.00 bits per heavy atom. The van der Waals surface area contributed by atoms with Crippen LogP contribution >= 0.6 is 0 Å². The molecular formula is C45H35N. The van der Waals surface area contributed by atoms with Gasteiger partial charge in [0.25, 0.3) is 0 Å². The summed E-state index contributed by atoms with van der Waals surface area (Å²) in [4.78, 5) is 0. The van der Waals surface area contributed by atoms with Crippen molar-refractivity contribution in [2.45, 2.75) is 20.3 Å². The maximum atomic E-state index is 2.44. The van der Waals surface area contributed by atoms with Gasteiger partial charge in [-0.1, -0.05) is 128 Å². The predicted octanol–water partition coefficient (Wildman–Crippen LogP) is 12.3. The average Bonchev–Trinajstić information content (AvgIpc) is 3.46. The highest BCUT2D eigenvalue weighted by Gasteiger charge is 2.16. The van der Waals surface area contributed by atoms with E-state index in [-0.39, 0.29) is 0 Å². The molecule has 8 aromatic rings. The maximum absolute atomic E-state index is 2.44. The van der Waals surface area contributed by atoms with Crippen molar-refractivity contribution < 1.29 is 0 Å². The van der Waals surface area contributed by atoms with E-state index in [1.54, 1.807) is 0 Å². The Hall–Kier alpha value is -5.66. The number of aromatic nitrogens is 1. The zero-order valence-corrected chi connectivity index (χ0v) is 26.2. The number of aryl methyl sites for hydroxylation is 2. The Morgan fingerprint density at radius 1 is 0.413 bits per heavy atom. The van der Waals surface area contributed by atoms with E-state index >= 15 is 0 Å². The maximum Gasteiger partial charge on any atom is 0.0541 e. The largest absolute Gasteiger partial charge is 0.309 e. The standard InChI is InChI=1S/C45H35N/c1-3-32-14-10-11-19-40(32)42-29-35(23-22-31(42)2)36-24-25-45-43(30-36)41-20-12-13-21-44(41)46(45)39-27-37(33-15-6-4-7-16-33)26-38(28-39)34-17-8-5-9-18-34/h4-30H,3H2,1-2H3. The van der Waals surface area contributed by atoms with Crippen molar-refractivity contribution in [1.29, 1.82) is 0 Å². The molecule has 7 aromatic carbocycles. The Kier molecular flexibility index (Phi) is 7.08. The first kappa shape index (κ1) is 27.9. The molecule has 8 rings (SSSR count). The van der Waals surface area contributed by atoms with Crippen LogP contribution in [0.1, 0.15) is 18.1 Å². The van der Waals surface area contributed by atoms with Crippen LogP contribution in [0.15, 0.2) is 164 Å². The Bertz CT molecular complexity index is 2280. The van der Waals surface area contributed by atoms with Crippen LogP contribution < -0.4 is 0 Å². The number of hydrogen-bond acceptors (Lipinski definition) is 0. The fourth-order valence-corrected chi connectivity index (χ4v) is 6.95. The molecular weight excluding hydrogens is 555 g/mol. The van der Waals surface area contributed by atoms with Crippen molar-refractivity contribution in [2.75, 3.05) is 0 Å². The molecule has 0 unspecified atom stereocenters. The van der Waals surface area contributed by atoms with Gasteiger partial charge in [0.05, 0.1) is 11.0 Å². The molecule has 0 aliphatic heterocycles. The van der Waals surface area contributed by atoms with Gasteiger partial charge in [0.1, 0.15) is 0 Å². The second-order valence-corrected chi connectivity index (χ2v) is 12.1. The predicted molar refractivity (Wildman–Crippen MR) is 197 cm³/mol. The first-order valence-electron chi connectivity index (χ1n) is 16.2. The highest BCUT2D eigenvalue weighted by molar-refractivity contribution is 6.10. The second-order valence-electron chi connectivity index (χ2n) is 12.1. The lowest BCUT2D eigenvalue weighted by molar-refractivity contribution is 1.14. The molecule has 0 atom stereocenters.